The van der Waals surface area contributed by atoms with Gasteiger partial charge in [0.05, 0.1) is 11.8 Å². The molecular formula is C23H24O5. The third-order valence-electron chi connectivity index (χ3n) is 4.26. The first-order chi connectivity index (χ1) is 13.5. The second-order valence-electron chi connectivity index (χ2n) is 6.42. The van der Waals surface area contributed by atoms with Crippen molar-refractivity contribution in [3.05, 3.63) is 90.5 Å². The molecule has 0 fully saturated rings. The third-order valence-corrected chi connectivity index (χ3v) is 4.26. The summed E-state index contributed by atoms with van der Waals surface area (Å²) in [6, 6.07) is 17.1. The second kappa shape index (κ2) is 10.7. The Balaban J connectivity index is 1.98. The Bertz CT molecular complexity index is 809. The lowest BCUT2D eigenvalue weighted by Crippen LogP contribution is -2.16. The number of hydrogen-bond donors (Lipinski definition) is 2. The zero-order chi connectivity index (χ0) is 20.4. The van der Waals surface area contributed by atoms with Crippen molar-refractivity contribution in [2.75, 3.05) is 0 Å². The van der Waals surface area contributed by atoms with Crippen LogP contribution >= 0.6 is 0 Å². The zero-order valence-electron chi connectivity index (χ0n) is 15.5. The van der Waals surface area contributed by atoms with Gasteiger partial charge in [-0.25, -0.2) is 0 Å². The zero-order valence-corrected chi connectivity index (χ0v) is 15.5. The van der Waals surface area contributed by atoms with Gasteiger partial charge >= 0.3 is 11.9 Å². The summed E-state index contributed by atoms with van der Waals surface area (Å²) in [4.78, 5) is 22.7. The van der Waals surface area contributed by atoms with Crippen molar-refractivity contribution in [1.82, 2.24) is 0 Å². The van der Waals surface area contributed by atoms with Crippen molar-refractivity contribution >= 4 is 11.9 Å². The molecule has 0 aliphatic carbocycles. The smallest absolute Gasteiger partial charge is 0.310 e. The van der Waals surface area contributed by atoms with Crippen molar-refractivity contribution in [1.29, 1.82) is 0 Å². The van der Waals surface area contributed by atoms with Crippen molar-refractivity contribution in [3.63, 3.8) is 0 Å². The van der Waals surface area contributed by atoms with Gasteiger partial charge in [0.25, 0.3) is 0 Å². The standard InChI is InChI=1S/C23H24O5/c1-2-6-19(22(24)25)11-12-20(23(26)27)15-17-9-13-21(14-10-17)28-16-18-7-4-3-5-8-18/h2-5,7-14,19-20H,1,6,15-16H2,(H,24,25)(H,26,27)/t19-,20+/m0/s1. The summed E-state index contributed by atoms with van der Waals surface area (Å²) in [6.45, 7) is 3.99. The van der Waals surface area contributed by atoms with Gasteiger partial charge in [0, 0.05) is 0 Å². The van der Waals surface area contributed by atoms with Gasteiger partial charge in [-0.05, 0) is 36.1 Å². The summed E-state index contributed by atoms with van der Waals surface area (Å²) >= 11 is 0. The van der Waals surface area contributed by atoms with Crippen LogP contribution in [0.25, 0.3) is 0 Å². The Morgan fingerprint density at radius 2 is 1.50 bits per heavy atom. The van der Waals surface area contributed by atoms with Crippen LogP contribution in [-0.4, -0.2) is 22.2 Å². The highest BCUT2D eigenvalue weighted by Gasteiger charge is 2.18. The van der Waals surface area contributed by atoms with Crippen LogP contribution < -0.4 is 4.74 Å². The molecule has 0 aromatic heterocycles. The number of allylic oxidation sites excluding steroid dienone is 1. The lowest BCUT2D eigenvalue weighted by molar-refractivity contribution is -0.141. The highest BCUT2D eigenvalue weighted by Crippen LogP contribution is 2.18. The van der Waals surface area contributed by atoms with E-state index in [1.807, 2.05) is 42.5 Å². The van der Waals surface area contributed by atoms with Gasteiger partial charge in [0.15, 0.2) is 0 Å². The van der Waals surface area contributed by atoms with Crippen LogP contribution in [0.1, 0.15) is 17.5 Å². The number of benzene rings is 2. The second-order valence-corrected chi connectivity index (χ2v) is 6.42. The molecule has 2 rings (SSSR count). The van der Waals surface area contributed by atoms with E-state index in [2.05, 4.69) is 6.58 Å². The molecule has 2 N–H and O–H groups in total. The summed E-state index contributed by atoms with van der Waals surface area (Å²) in [6.07, 6.45) is 4.91. The number of carboxylic acids is 2. The average Bonchev–Trinajstić information content (AvgIpc) is 2.69. The quantitative estimate of drug-likeness (QED) is 0.567. The molecule has 5 nitrogen and oxygen atoms in total. The normalized spacial score (nSPS) is 13.0. The number of hydrogen-bond acceptors (Lipinski definition) is 3. The fourth-order valence-corrected chi connectivity index (χ4v) is 2.66. The van der Waals surface area contributed by atoms with Gasteiger partial charge in [0.1, 0.15) is 12.4 Å². The van der Waals surface area contributed by atoms with Crippen LogP contribution in [0, 0.1) is 11.8 Å². The molecule has 0 heterocycles. The van der Waals surface area contributed by atoms with Gasteiger partial charge < -0.3 is 14.9 Å². The highest BCUT2D eigenvalue weighted by molar-refractivity contribution is 5.74. The van der Waals surface area contributed by atoms with Crippen LogP contribution in [0.5, 0.6) is 5.75 Å². The molecule has 2 aromatic carbocycles. The number of ether oxygens (including phenoxy) is 1. The number of carboxylic acid groups (broad SMARTS) is 2. The molecule has 0 unspecified atom stereocenters. The van der Waals surface area contributed by atoms with Crippen LogP contribution in [0.4, 0.5) is 0 Å². The van der Waals surface area contributed by atoms with E-state index in [9.17, 15) is 14.7 Å². The predicted molar refractivity (Wildman–Crippen MR) is 107 cm³/mol. The molecule has 0 bridgehead atoms. The van der Waals surface area contributed by atoms with E-state index < -0.39 is 23.8 Å². The lowest BCUT2D eigenvalue weighted by Gasteiger charge is -2.11. The lowest BCUT2D eigenvalue weighted by atomic mass is 9.96. The molecule has 5 heteroatoms. The molecule has 2 aromatic rings. The van der Waals surface area contributed by atoms with Crippen LogP contribution in [0.3, 0.4) is 0 Å². The Hall–Kier alpha value is -3.34. The SMILES string of the molecule is C=CC[C@@H](C=C[C@H](Cc1ccc(OCc2ccccc2)cc1)C(=O)O)C(=O)O. The van der Waals surface area contributed by atoms with Gasteiger partial charge in [-0.15, -0.1) is 6.58 Å². The molecule has 0 aliphatic rings. The van der Waals surface area contributed by atoms with Crippen LogP contribution in [0.15, 0.2) is 79.4 Å². The molecule has 0 radical (unpaired) electrons. The summed E-state index contributed by atoms with van der Waals surface area (Å²) in [5.41, 5.74) is 1.90. The number of carbonyl (C=O) groups is 2. The molecule has 0 saturated carbocycles. The first-order valence-corrected chi connectivity index (χ1v) is 9.00. The number of aliphatic carboxylic acids is 2. The average molecular weight is 380 g/mol. The van der Waals surface area contributed by atoms with Gasteiger partial charge in [0.2, 0.25) is 0 Å². The third kappa shape index (κ3) is 6.76. The first-order valence-electron chi connectivity index (χ1n) is 9.00. The summed E-state index contributed by atoms with van der Waals surface area (Å²) in [7, 11) is 0. The summed E-state index contributed by atoms with van der Waals surface area (Å²) < 4.78 is 5.73. The van der Waals surface area contributed by atoms with Gasteiger partial charge in [-0.3, -0.25) is 9.59 Å². The molecule has 146 valence electrons. The molecule has 0 saturated heterocycles. The van der Waals surface area contributed by atoms with Crippen molar-refractivity contribution in [2.45, 2.75) is 19.4 Å². The van der Waals surface area contributed by atoms with E-state index in [0.29, 0.717) is 12.4 Å². The highest BCUT2D eigenvalue weighted by atomic mass is 16.5. The molecule has 0 aliphatic heterocycles. The largest absolute Gasteiger partial charge is 0.489 e. The van der Waals surface area contributed by atoms with E-state index in [4.69, 9.17) is 9.84 Å². The van der Waals surface area contributed by atoms with Crippen molar-refractivity contribution in [2.24, 2.45) is 11.8 Å². The minimum absolute atomic E-state index is 0.256. The fraction of sp³-hybridized carbons (Fsp3) is 0.217. The minimum Gasteiger partial charge on any atom is -0.489 e. The Morgan fingerprint density at radius 3 is 2.07 bits per heavy atom. The Kier molecular flexibility index (Phi) is 8.03. The van der Waals surface area contributed by atoms with E-state index in [1.165, 1.54) is 18.2 Å². The summed E-state index contributed by atoms with van der Waals surface area (Å²) in [5.74, 6) is -2.87. The molecule has 2 atom stereocenters. The topological polar surface area (TPSA) is 83.8 Å². The molecule has 0 amide bonds. The van der Waals surface area contributed by atoms with Crippen LogP contribution in [0.2, 0.25) is 0 Å². The number of rotatable bonds is 11. The summed E-state index contributed by atoms with van der Waals surface area (Å²) in [5, 5.41) is 18.6. The minimum atomic E-state index is -1.000. The maximum absolute atomic E-state index is 11.5. The van der Waals surface area contributed by atoms with E-state index in [0.717, 1.165) is 11.1 Å². The predicted octanol–water partition coefficient (Wildman–Crippen LogP) is 4.34. The Morgan fingerprint density at radius 1 is 0.893 bits per heavy atom. The van der Waals surface area contributed by atoms with E-state index >= 15 is 0 Å². The molecule has 28 heavy (non-hydrogen) atoms. The fourth-order valence-electron chi connectivity index (χ4n) is 2.66. The monoisotopic (exact) mass is 380 g/mol. The van der Waals surface area contributed by atoms with Crippen molar-refractivity contribution < 1.29 is 24.5 Å². The maximum atomic E-state index is 11.5. The van der Waals surface area contributed by atoms with Crippen LogP contribution in [-0.2, 0) is 22.6 Å². The maximum Gasteiger partial charge on any atom is 0.310 e. The van der Waals surface area contributed by atoms with Gasteiger partial charge in [-0.2, -0.15) is 0 Å². The first kappa shape index (κ1) is 21.0. The Labute approximate surface area is 164 Å². The van der Waals surface area contributed by atoms with Gasteiger partial charge in [-0.1, -0.05) is 60.7 Å². The van der Waals surface area contributed by atoms with Crippen molar-refractivity contribution in [3.8, 4) is 5.75 Å². The van der Waals surface area contributed by atoms with E-state index in [-0.39, 0.29) is 12.8 Å². The molecular weight excluding hydrogens is 356 g/mol. The molecule has 0 spiro atoms. The van der Waals surface area contributed by atoms with E-state index in [1.54, 1.807) is 12.1 Å².